The summed E-state index contributed by atoms with van der Waals surface area (Å²) in [6.45, 7) is 6.78. The molecule has 0 aliphatic carbocycles. The Kier molecular flexibility index (Phi) is 9.01. The summed E-state index contributed by atoms with van der Waals surface area (Å²) in [5.41, 5.74) is 0.709. The third kappa shape index (κ3) is 6.26. The van der Waals surface area contributed by atoms with Crippen LogP contribution in [-0.4, -0.2) is 42.6 Å². The molecule has 186 valence electrons. The molecule has 3 rings (SSSR count). The Morgan fingerprint density at radius 2 is 1.69 bits per heavy atom. The number of barbiturate groups is 1. The maximum atomic E-state index is 13.2. The summed E-state index contributed by atoms with van der Waals surface area (Å²) in [7, 11) is 0. The molecule has 0 bridgehead atoms. The van der Waals surface area contributed by atoms with Gasteiger partial charge in [-0.3, -0.25) is 19.8 Å². The molecule has 0 saturated carbocycles. The Morgan fingerprint density at radius 3 is 2.37 bits per heavy atom. The molecular formula is C25H26Cl2N2O6. The maximum absolute atomic E-state index is 13.2. The first-order valence-corrected chi connectivity index (χ1v) is 11.9. The molecule has 35 heavy (non-hydrogen) atoms. The van der Waals surface area contributed by atoms with E-state index in [1.807, 2.05) is 13.8 Å². The Hall–Kier alpha value is -3.23. The van der Waals surface area contributed by atoms with E-state index in [-0.39, 0.29) is 22.9 Å². The Bertz CT molecular complexity index is 1160. The molecule has 10 heteroatoms. The SMILES string of the molecule is CCCOc1ccc(CN2C(=O)NC(=O)/C(=C\c3cc(Cl)cc(Cl)c3OCC)C2=O)cc1OCC. The lowest BCUT2D eigenvalue weighted by Gasteiger charge is -2.27. The van der Waals surface area contributed by atoms with Gasteiger partial charge in [0.15, 0.2) is 11.5 Å². The summed E-state index contributed by atoms with van der Waals surface area (Å²) in [5.74, 6) is -0.233. The van der Waals surface area contributed by atoms with Crippen LogP contribution in [0.2, 0.25) is 10.0 Å². The standard InChI is InChI=1S/C25H26Cl2N2O6/c1-4-9-35-20-8-7-15(10-21(20)33-5-2)14-29-24(31)18(23(30)28-25(29)32)12-16-11-17(26)13-19(27)22(16)34-6-3/h7-8,10-13H,4-6,9,14H2,1-3H3,(H,28,30,32)/b18-12+. The predicted octanol–water partition coefficient (Wildman–Crippen LogP) is 5.24. The normalized spacial score (nSPS) is 14.8. The highest BCUT2D eigenvalue weighted by Gasteiger charge is 2.36. The predicted molar refractivity (Wildman–Crippen MR) is 133 cm³/mol. The molecule has 1 fully saturated rings. The second-order valence-electron chi connectivity index (χ2n) is 7.51. The van der Waals surface area contributed by atoms with E-state index in [0.717, 1.165) is 11.3 Å². The molecule has 0 aromatic heterocycles. The van der Waals surface area contributed by atoms with Crippen molar-refractivity contribution in [3.63, 3.8) is 0 Å². The summed E-state index contributed by atoms with van der Waals surface area (Å²) < 4.78 is 16.9. The lowest BCUT2D eigenvalue weighted by Crippen LogP contribution is -2.53. The van der Waals surface area contributed by atoms with Gasteiger partial charge in [-0.15, -0.1) is 0 Å². The van der Waals surface area contributed by atoms with Crippen LogP contribution < -0.4 is 19.5 Å². The van der Waals surface area contributed by atoms with Crippen molar-refractivity contribution in [2.24, 2.45) is 0 Å². The zero-order valence-electron chi connectivity index (χ0n) is 19.7. The van der Waals surface area contributed by atoms with Gasteiger partial charge >= 0.3 is 6.03 Å². The topological polar surface area (TPSA) is 94.2 Å². The second-order valence-corrected chi connectivity index (χ2v) is 8.35. The van der Waals surface area contributed by atoms with E-state index < -0.39 is 17.8 Å². The first-order chi connectivity index (χ1) is 16.8. The van der Waals surface area contributed by atoms with Gasteiger partial charge in [-0.05, 0) is 56.2 Å². The van der Waals surface area contributed by atoms with Gasteiger partial charge in [-0.1, -0.05) is 36.2 Å². The molecule has 0 atom stereocenters. The minimum atomic E-state index is -0.826. The Labute approximate surface area is 213 Å². The van der Waals surface area contributed by atoms with Gasteiger partial charge in [-0.25, -0.2) is 4.79 Å². The van der Waals surface area contributed by atoms with Crippen molar-refractivity contribution in [2.45, 2.75) is 33.7 Å². The monoisotopic (exact) mass is 520 g/mol. The average molecular weight is 521 g/mol. The minimum absolute atomic E-state index is 0.0853. The highest BCUT2D eigenvalue weighted by molar-refractivity contribution is 6.36. The summed E-state index contributed by atoms with van der Waals surface area (Å²) in [5, 5.41) is 2.74. The summed E-state index contributed by atoms with van der Waals surface area (Å²) >= 11 is 12.4. The van der Waals surface area contributed by atoms with Crippen LogP contribution in [0.3, 0.4) is 0 Å². The number of nitrogens with one attached hydrogen (secondary N) is 1. The van der Waals surface area contributed by atoms with Crippen LogP contribution in [0, 0.1) is 0 Å². The van der Waals surface area contributed by atoms with E-state index in [1.54, 1.807) is 25.1 Å². The van der Waals surface area contributed by atoms with Gasteiger partial charge < -0.3 is 14.2 Å². The van der Waals surface area contributed by atoms with Crippen molar-refractivity contribution >= 4 is 47.1 Å². The van der Waals surface area contributed by atoms with Crippen molar-refractivity contribution in [1.29, 1.82) is 0 Å². The lowest BCUT2D eigenvalue weighted by molar-refractivity contribution is -0.130. The molecule has 8 nitrogen and oxygen atoms in total. The number of halogens is 2. The van der Waals surface area contributed by atoms with Crippen LogP contribution in [-0.2, 0) is 16.1 Å². The third-order valence-corrected chi connectivity index (χ3v) is 5.42. The minimum Gasteiger partial charge on any atom is -0.492 e. The van der Waals surface area contributed by atoms with Crippen molar-refractivity contribution in [1.82, 2.24) is 10.2 Å². The molecule has 2 aromatic carbocycles. The zero-order chi connectivity index (χ0) is 25.5. The van der Waals surface area contributed by atoms with E-state index >= 15 is 0 Å². The average Bonchev–Trinajstić information content (AvgIpc) is 2.81. The van der Waals surface area contributed by atoms with Gasteiger partial charge in [0.05, 0.1) is 31.4 Å². The van der Waals surface area contributed by atoms with E-state index in [0.29, 0.717) is 47.5 Å². The van der Waals surface area contributed by atoms with Crippen molar-refractivity contribution in [3.8, 4) is 17.2 Å². The maximum Gasteiger partial charge on any atom is 0.331 e. The fraction of sp³-hybridized carbons (Fsp3) is 0.320. The number of ether oxygens (including phenoxy) is 3. The number of urea groups is 1. The molecule has 1 aliphatic rings. The number of nitrogens with zero attached hydrogens (tertiary/aromatic N) is 1. The van der Waals surface area contributed by atoms with Crippen LogP contribution >= 0.6 is 23.2 Å². The number of hydrogen-bond donors (Lipinski definition) is 1. The number of rotatable bonds is 10. The van der Waals surface area contributed by atoms with Gasteiger partial charge in [0.25, 0.3) is 11.8 Å². The molecule has 1 N–H and O–H groups in total. The molecule has 1 heterocycles. The molecular weight excluding hydrogens is 495 g/mol. The highest BCUT2D eigenvalue weighted by Crippen LogP contribution is 2.35. The first kappa shape index (κ1) is 26.4. The van der Waals surface area contributed by atoms with Crippen molar-refractivity contribution in [3.05, 3.63) is 57.1 Å². The summed E-state index contributed by atoms with van der Waals surface area (Å²) in [6.07, 6.45) is 2.15. The molecule has 2 aromatic rings. The van der Waals surface area contributed by atoms with Gasteiger partial charge in [0.2, 0.25) is 0 Å². The fourth-order valence-corrected chi connectivity index (χ4v) is 3.97. The Morgan fingerprint density at radius 1 is 0.943 bits per heavy atom. The number of carbonyl (C=O) groups is 3. The van der Waals surface area contributed by atoms with E-state index in [4.69, 9.17) is 37.4 Å². The number of benzene rings is 2. The molecule has 1 saturated heterocycles. The van der Waals surface area contributed by atoms with Crippen molar-refractivity contribution in [2.75, 3.05) is 19.8 Å². The number of hydrogen-bond acceptors (Lipinski definition) is 6. The van der Waals surface area contributed by atoms with Gasteiger partial charge in [0, 0.05) is 10.6 Å². The molecule has 1 aliphatic heterocycles. The largest absolute Gasteiger partial charge is 0.492 e. The Balaban J connectivity index is 1.94. The van der Waals surface area contributed by atoms with Crippen LogP contribution in [0.1, 0.15) is 38.3 Å². The number of carbonyl (C=O) groups excluding carboxylic acids is 3. The third-order valence-electron chi connectivity index (χ3n) is 4.92. The second kappa shape index (κ2) is 12.0. The van der Waals surface area contributed by atoms with Gasteiger partial charge in [0.1, 0.15) is 11.3 Å². The summed E-state index contributed by atoms with van der Waals surface area (Å²) in [6, 6.07) is 7.37. The fourth-order valence-electron chi connectivity index (χ4n) is 3.41. The molecule has 0 unspecified atom stereocenters. The highest BCUT2D eigenvalue weighted by atomic mass is 35.5. The van der Waals surface area contributed by atoms with E-state index in [9.17, 15) is 14.4 Å². The quantitative estimate of drug-likeness (QED) is 0.340. The van der Waals surface area contributed by atoms with E-state index in [2.05, 4.69) is 5.32 Å². The molecule has 0 spiro atoms. The molecule has 0 radical (unpaired) electrons. The van der Waals surface area contributed by atoms with E-state index in [1.165, 1.54) is 18.2 Å². The van der Waals surface area contributed by atoms with Crippen LogP contribution in [0.25, 0.3) is 6.08 Å². The van der Waals surface area contributed by atoms with Crippen molar-refractivity contribution < 1.29 is 28.6 Å². The first-order valence-electron chi connectivity index (χ1n) is 11.2. The van der Waals surface area contributed by atoms with Crippen LogP contribution in [0.15, 0.2) is 35.9 Å². The van der Waals surface area contributed by atoms with Crippen LogP contribution in [0.5, 0.6) is 17.2 Å². The number of amides is 4. The van der Waals surface area contributed by atoms with Crippen LogP contribution in [0.4, 0.5) is 4.79 Å². The van der Waals surface area contributed by atoms with Gasteiger partial charge in [-0.2, -0.15) is 0 Å². The smallest absolute Gasteiger partial charge is 0.331 e. The lowest BCUT2D eigenvalue weighted by atomic mass is 10.1. The molecule has 4 amide bonds. The zero-order valence-corrected chi connectivity index (χ0v) is 21.2. The summed E-state index contributed by atoms with van der Waals surface area (Å²) in [4.78, 5) is 39.3. The number of imide groups is 2.